The third kappa shape index (κ3) is 3.37. The number of para-hydroxylation sites is 1. The Morgan fingerprint density at radius 1 is 1.22 bits per heavy atom. The maximum Gasteiger partial charge on any atom is 0.236 e. The Morgan fingerprint density at radius 2 is 2.00 bits per heavy atom. The molecule has 0 saturated carbocycles. The summed E-state index contributed by atoms with van der Waals surface area (Å²) in [6, 6.07) is 14.7. The lowest BCUT2D eigenvalue weighted by molar-refractivity contribution is -0.125. The van der Waals surface area contributed by atoms with Crippen LogP contribution >= 0.6 is 11.6 Å². The van der Waals surface area contributed by atoms with Gasteiger partial charge in [-0.2, -0.15) is 0 Å². The first-order chi connectivity index (χ1) is 11.0. The standard InChI is InChI=1S/C18H17ClN2O2/c1-12-9-13-5-2-3-8-16(13)21(12)18(23)11-17(22)20-15-7-4-6-14(19)10-15/h2-8,10,12H,9,11H2,1H3,(H,20,22). The molecule has 1 N–H and O–H groups in total. The molecule has 1 unspecified atom stereocenters. The van der Waals surface area contributed by atoms with Gasteiger partial charge in [-0.3, -0.25) is 9.59 Å². The van der Waals surface area contributed by atoms with Gasteiger partial charge in [-0.05, 0) is 43.2 Å². The van der Waals surface area contributed by atoms with Gasteiger partial charge in [0.25, 0.3) is 0 Å². The van der Waals surface area contributed by atoms with Gasteiger partial charge >= 0.3 is 0 Å². The number of amides is 2. The summed E-state index contributed by atoms with van der Waals surface area (Å²) in [6.07, 6.45) is 0.628. The topological polar surface area (TPSA) is 49.4 Å². The minimum atomic E-state index is -0.339. The first kappa shape index (κ1) is 15.6. The highest BCUT2D eigenvalue weighted by atomic mass is 35.5. The largest absolute Gasteiger partial charge is 0.326 e. The van der Waals surface area contributed by atoms with Crippen LogP contribution in [0.3, 0.4) is 0 Å². The van der Waals surface area contributed by atoms with Crippen molar-refractivity contribution in [3.05, 3.63) is 59.1 Å². The van der Waals surface area contributed by atoms with E-state index in [2.05, 4.69) is 5.32 Å². The Hall–Kier alpha value is -2.33. The molecule has 0 aromatic heterocycles. The molecule has 1 aliphatic rings. The summed E-state index contributed by atoms with van der Waals surface area (Å²) in [5, 5.41) is 3.24. The Kier molecular flexibility index (Phi) is 4.35. The smallest absolute Gasteiger partial charge is 0.236 e. The fraction of sp³-hybridized carbons (Fsp3) is 0.222. The quantitative estimate of drug-likeness (QED) is 0.874. The summed E-state index contributed by atoms with van der Waals surface area (Å²) >= 11 is 5.89. The van der Waals surface area contributed by atoms with Crippen molar-refractivity contribution in [3.63, 3.8) is 0 Å². The highest BCUT2D eigenvalue weighted by Gasteiger charge is 2.31. The molecule has 4 nitrogen and oxygen atoms in total. The third-order valence-electron chi connectivity index (χ3n) is 3.90. The number of rotatable bonds is 3. The van der Waals surface area contributed by atoms with E-state index in [1.165, 1.54) is 0 Å². The highest BCUT2D eigenvalue weighted by molar-refractivity contribution is 6.30. The third-order valence-corrected chi connectivity index (χ3v) is 4.13. The molecule has 3 rings (SSSR count). The summed E-state index contributed by atoms with van der Waals surface area (Å²) in [5.74, 6) is -0.532. The molecule has 0 spiro atoms. The summed E-state index contributed by atoms with van der Waals surface area (Å²) in [7, 11) is 0. The Bertz CT molecular complexity index is 760. The van der Waals surface area contributed by atoms with Crippen molar-refractivity contribution < 1.29 is 9.59 Å². The molecule has 0 fully saturated rings. The van der Waals surface area contributed by atoms with Crippen LogP contribution < -0.4 is 10.2 Å². The van der Waals surface area contributed by atoms with E-state index in [-0.39, 0.29) is 24.3 Å². The number of nitrogens with zero attached hydrogens (tertiary/aromatic N) is 1. The van der Waals surface area contributed by atoms with Gasteiger partial charge in [0.15, 0.2) is 0 Å². The molecule has 0 radical (unpaired) electrons. The van der Waals surface area contributed by atoms with E-state index in [1.54, 1.807) is 29.2 Å². The maximum absolute atomic E-state index is 12.5. The zero-order valence-corrected chi connectivity index (χ0v) is 13.5. The molecule has 2 amide bonds. The Morgan fingerprint density at radius 3 is 2.78 bits per heavy atom. The van der Waals surface area contributed by atoms with E-state index in [0.717, 1.165) is 17.7 Å². The van der Waals surface area contributed by atoms with Crippen molar-refractivity contribution in [1.82, 2.24) is 0 Å². The average molecular weight is 329 g/mol. The molecule has 1 atom stereocenters. The van der Waals surface area contributed by atoms with E-state index < -0.39 is 0 Å². The van der Waals surface area contributed by atoms with Gasteiger partial charge in [-0.1, -0.05) is 35.9 Å². The minimum absolute atomic E-state index is 0.0684. The summed E-state index contributed by atoms with van der Waals surface area (Å²) in [6.45, 7) is 1.99. The summed E-state index contributed by atoms with van der Waals surface area (Å²) in [4.78, 5) is 26.3. The normalized spacial score (nSPS) is 16.1. The van der Waals surface area contributed by atoms with Crippen LogP contribution in [-0.2, 0) is 16.0 Å². The van der Waals surface area contributed by atoms with Gasteiger partial charge < -0.3 is 10.2 Å². The van der Waals surface area contributed by atoms with Gasteiger partial charge in [0.2, 0.25) is 11.8 Å². The van der Waals surface area contributed by atoms with Crippen molar-refractivity contribution in [3.8, 4) is 0 Å². The van der Waals surface area contributed by atoms with Crippen LogP contribution in [0.2, 0.25) is 5.02 Å². The molecule has 5 heteroatoms. The van der Waals surface area contributed by atoms with Crippen LogP contribution in [0.25, 0.3) is 0 Å². The van der Waals surface area contributed by atoms with Crippen LogP contribution in [0.4, 0.5) is 11.4 Å². The van der Waals surface area contributed by atoms with Gasteiger partial charge in [0, 0.05) is 22.4 Å². The second-order valence-corrected chi connectivity index (χ2v) is 6.12. The molecule has 118 valence electrons. The molecular formula is C18H17ClN2O2. The fourth-order valence-electron chi connectivity index (χ4n) is 2.94. The van der Waals surface area contributed by atoms with Crippen LogP contribution in [-0.4, -0.2) is 17.9 Å². The number of anilines is 2. The number of hydrogen-bond donors (Lipinski definition) is 1. The van der Waals surface area contributed by atoms with Crippen LogP contribution in [0, 0.1) is 0 Å². The van der Waals surface area contributed by atoms with Crippen molar-refractivity contribution in [1.29, 1.82) is 0 Å². The molecule has 0 bridgehead atoms. The van der Waals surface area contributed by atoms with Gasteiger partial charge in [0.05, 0.1) is 0 Å². The lowest BCUT2D eigenvalue weighted by atomic mass is 10.1. The van der Waals surface area contributed by atoms with E-state index in [1.807, 2.05) is 31.2 Å². The zero-order valence-electron chi connectivity index (χ0n) is 12.8. The molecule has 23 heavy (non-hydrogen) atoms. The van der Waals surface area contributed by atoms with Gasteiger partial charge in [-0.25, -0.2) is 0 Å². The van der Waals surface area contributed by atoms with Crippen molar-refractivity contribution in [2.24, 2.45) is 0 Å². The van der Waals surface area contributed by atoms with Crippen molar-refractivity contribution in [2.75, 3.05) is 10.2 Å². The number of halogens is 1. The number of hydrogen-bond acceptors (Lipinski definition) is 2. The summed E-state index contributed by atoms with van der Waals surface area (Å²) in [5.41, 5.74) is 2.63. The predicted molar refractivity (Wildman–Crippen MR) is 91.8 cm³/mol. The average Bonchev–Trinajstić information content (AvgIpc) is 2.82. The second kappa shape index (κ2) is 6.42. The van der Waals surface area contributed by atoms with Crippen LogP contribution in [0.5, 0.6) is 0 Å². The second-order valence-electron chi connectivity index (χ2n) is 5.68. The van der Waals surface area contributed by atoms with Crippen LogP contribution in [0.15, 0.2) is 48.5 Å². The molecule has 2 aromatic carbocycles. The molecule has 0 saturated heterocycles. The molecular weight excluding hydrogens is 312 g/mol. The first-order valence-electron chi connectivity index (χ1n) is 7.50. The lowest BCUT2D eigenvalue weighted by Crippen LogP contribution is -2.37. The van der Waals surface area contributed by atoms with Gasteiger partial charge in [0.1, 0.15) is 6.42 Å². The lowest BCUT2D eigenvalue weighted by Gasteiger charge is -2.22. The van der Waals surface area contributed by atoms with Gasteiger partial charge in [-0.15, -0.1) is 0 Å². The number of nitrogens with one attached hydrogen (secondary N) is 1. The predicted octanol–water partition coefficient (Wildman–Crippen LogP) is 3.65. The number of fused-ring (bicyclic) bond motifs is 1. The van der Waals surface area contributed by atoms with Crippen molar-refractivity contribution in [2.45, 2.75) is 25.8 Å². The van der Waals surface area contributed by atoms with E-state index in [0.29, 0.717) is 10.7 Å². The molecule has 1 aliphatic heterocycles. The monoisotopic (exact) mass is 328 g/mol. The molecule has 0 aliphatic carbocycles. The molecule has 1 heterocycles. The maximum atomic E-state index is 12.5. The Labute approximate surface area is 140 Å². The SMILES string of the molecule is CC1Cc2ccccc2N1C(=O)CC(=O)Nc1cccc(Cl)c1. The number of carbonyl (C=O) groups is 2. The number of carbonyl (C=O) groups excluding carboxylic acids is 2. The fourth-order valence-corrected chi connectivity index (χ4v) is 3.13. The van der Waals surface area contributed by atoms with Crippen molar-refractivity contribution >= 4 is 34.8 Å². The summed E-state index contributed by atoms with van der Waals surface area (Å²) < 4.78 is 0. The van der Waals surface area contributed by atoms with E-state index in [4.69, 9.17) is 11.6 Å². The Balaban J connectivity index is 1.68. The van der Waals surface area contributed by atoms with E-state index >= 15 is 0 Å². The highest BCUT2D eigenvalue weighted by Crippen LogP contribution is 2.32. The van der Waals surface area contributed by atoms with Crippen LogP contribution in [0.1, 0.15) is 18.9 Å². The zero-order chi connectivity index (χ0) is 16.4. The molecule has 2 aromatic rings. The number of benzene rings is 2. The minimum Gasteiger partial charge on any atom is -0.326 e. The first-order valence-corrected chi connectivity index (χ1v) is 7.88. The van der Waals surface area contributed by atoms with E-state index in [9.17, 15) is 9.59 Å².